The number of benzene rings is 2. The van der Waals surface area contributed by atoms with E-state index >= 15 is 0 Å². The Balaban J connectivity index is 1.83. The average molecular weight is 382 g/mol. The number of ether oxygens (including phenoxy) is 1. The van der Waals surface area contributed by atoms with Gasteiger partial charge in [-0.15, -0.1) is 0 Å². The van der Waals surface area contributed by atoms with Crippen LogP contribution in [-0.4, -0.2) is 13.4 Å². The molecular formula is C21H22N2O3S. The lowest BCUT2D eigenvalue weighted by molar-refractivity contribution is 0.306. The van der Waals surface area contributed by atoms with Crippen LogP contribution in [0.4, 0.5) is 5.82 Å². The summed E-state index contributed by atoms with van der Waals surface area (Å²) in [7, 11) is -3.76. The predicted octanol–water partition coefficient (Wildman–Crippen LogP) is 4.39. The molecule has 2 aromatic carbocycles. The van der Waals surface area contributed by atoms with Gasteiger partial charge in [0, 0.05) is 6.20 Å². The number of hydrogen-bond donors (Lipinski definition) is 1. The normalized spacial score (nSPS) is 11.2. The minimum absolute atomic E-state index is 0.171. The first kappa shape index (κ1) is 18.9. The molecule has 0 atom stereocenters. The highest BCUT2D eigenvalue weighted by molar-refractivity contribution is 7.92. The molecule has 0 bridgehead atoms. The van der Waals surface area contributed by atoms with Crippen LogP contribution in [-0.2, 0) is 16.6 Å². The quantitative estimate of drug-likeness (QED) is 0.687. The number of hydrogen-bond acceptors (Lipinski definition) is 4. The van der Waals surface area contributed by atoms with Crippen LogP contribution in [0.2, 0.25) is 0 Å². The molecule has 0 aliphatic carbocycles. The molecule has 3 rings (SSSR count). The fourth-order valence-electron chi connectivity index (χ4n) is 2.58. The molecule has 0 aliphatic heterocycles. The Morgan fingerprint density at radius 2 is 1.70 bits per heavy atom. The third-order valence-corrected chi connectivity index (χ3v) is 5.77. The number of nitrogens with zero attached hydrogens (tertiary/aromatic N) is 1. The van der Waals surface area contributed by atoms with Crippen molar-refractivity contribution in [3.05, 3.63) is 83.0 Å². The lowest BCUT2D eigenvalue weighted by Gasteiger charge is -2.14. The van der Waals surface area contributed by atoms with Crippen molar-refractivity contribution in [2.24, 2.45) is 0 Å². The van der Waals surface area contributed by atoms with Gasteiger partial charge in [0.1, 0.15) is 6.61 Å². The van der Waals surface area contributed by atoms with E-state index in [1.165, 1.54) is 6.20 Å². The largest absolute Gasteiger partial charge is 0.485 e. The second kappa shape index (κ2) is 7.80. The molecule has 5 nitrogen and oxygen atoms in total. The van der Waals surface area contributed by atoms with Gasteiger partial charge in [0.05, 0.1) is 4.90 Å². The van der Waals surface area contributed by atoms with Gasteiger partial charge in [-0.2, -0.15) is 0 Å². The van der Waals surface area contributed by atoms with Crippen LogP contribution >= 0.6 is 0 Å². The Kier molecular flexibility index (Phi) is 5.46. The zero-order chi connectivity index (χ0) is 19.4. The molecule has 0 spiro atoms. The summed E-state index contributed by atoms with van der Waals surface area (Å²) in [6.45, 7) is 6.16. The number of sulfonamides is 1. The van der Waals surface area contributed by atoms with Gasteiger partial charge in [-0.25, -0.2) is 13.4 Å². The Hall–Kier alpha value is -2.86. The molecule has 0 amide bonds. The Bertz CT molecular complexity index is 1060. The van der Waals surface area contributed by atoms with Gasteiger partial charge in [0.25, 0.3) is 10.0 Å². The maximum Gasteiger partial charge on any atom is 0.263 e. The molecule has 3 aromatic rings. The minimum Gasteiger partial charge on any atom is -0.485 e. The zero-order valence-corrected chi connectivity index (χ0v) is 16.4. The summed E-state index contributed by atoms with van der Waals surface area (Å²) in [5.74, 6) is 0.553. The van der Waals surface area contributed by atoms with Gasteiger partial charge in [-0.1, -0.05) is 30.3 Å². The highest BCUT2D eigenvalue weighted by atomic mass is 32.2. The lowest BCUT2D eigenvalue weighted by Crippen LogP contribution is -2.15. The smallest absolute Gasteiger partial charge is 0.263 e. The fraction of sp³-hybridized carbons (Fsp3) is 0.190. The molecule has 0 aliphatic rings. The molecule has 0 saturated heterocycles. The molecule has 6 heteroatoms. The van der Waals surface area contributed by atoms with E-state index in [1.807, 2.05) is 45.0 Å². The molecule has 0 fully saturated rings. The van der Waals surface area contributed by atoms with Crippen molar-refractivity contribution in [2.45, 2.75) is 32.3 Å². The van der Waals surface area contributed by atoms with Crippen molar-refractivity contribution in [1.29, 1.82) is 0 Å². The number of aryl methyl sites for hydroxylation is 3. The van der Waals surface area contributed by atoms with Crippen molar-refractivity contribution < 1.29 is 13.2 Å². The first-order chi connectivity index (χ1) is 12.9. The first-order valence-corrected chi connectivity index (χ1v) is 10.1. The summed E-state index contributed by atoms with van der Waals surface area (Å²) >= 11 is 0. The van der Waals surface area contributed by atoms with Crippen LogP contribution in [0.5, 0.6) is 5.75 Å². The Labute approximate surface area is 160 Å². The van der Waals surface area contributed by atoms with Gasteiger partial charge in [0.15, 0.2) is 11.6 Å². The molecule has 0 unspecified atom stereocenters. The van der Waals surface area contributed by atoms with Crippen LogP contribution in [0.15, 0.2) is 65.7 Å². The summed E-state index contributed by atoms with van der Waals surface area (Å²) in [5.41, 5.74) is 4.09. The molecule has 27 heavy (non-hydrogen) atoms. The van der Waals surface area contributed by atoms with E-state index in [2.05, 4.69) is 9.71 Å². The number of aromatic nitrogens is 1. The van der Waals surface area contributed by atoms with E-state index in [1.54, 1.807) is 30.3 Å². The van der Waals surface area contributed by atoms with Crippen LogP contribution < -0.4 is 9.46 Å². The van der Waals surface area contributed by atoms with E-state index in [0.29, 0.717) is 12.4 Å². The molecule has 1 heterocycles. The SMILES string of the molecule is Cc1ccc(S(=O)(=O)Nc2ncccc2OCc2ccccc2C)cc1C. The van der Waals surface area contributed by atoms with E-state index in [4.69, 9.17) is 4.74 Å². The highest BCUT2D eigenvalue weighted by Crippen LogP contribution is 2.26. The van der Waals surface area contributed by atoms with E-state index in [-0.39, 0.29) is 10.7 Å². The predicted molar refractivity (Wildman–Crippen MR) is 106 cm³/mol. The molecule has 0 saturated carbocycles. The number of nitrogens with one attached hydrogen (secondary N) is 1. The third-order valence-electron chi connectivity index (χ3n) is 4.43. The molecule has 140 valence electrons. The van der Waals surface area contributed by atoms with Gasteiger partial charge in [-0.3, -0.25) is 4.72 Å². The van der Waals surface area contributed by atoms with Crippen LogP contribution in [0.25, 0.3) is 0 Å². The van der Waals surface area contributed by atoms with E-state index < -0.39 is 10.0 Å². The summed E-state index contributed by atoms with van der Waals surface area (Å²) in [4.78, 5) is 4.34. The molecule has 0 radical (unpaired) electrons. The van der Waals surface area contributed by atoms with Gasteiger partial charge in [-0.05, 0) is 67.3 Å². The van der Waals surface area contributed by atoms with Gasteiger partial charge < -0.3 is 4.74 Å². The Morgan fingerprint density at radius 1 is 0.926 bits per heavy atom. The standard InChI is InChI=1S/C21H22N2O3S/c1-15-10-11-19(13-17(15)3)27(24,25)23-21-20(9-6-12-22-21)26-14-18-8-5-4-7-16(18)2/h4-13H,14H2,1-3H3,(H,22,23). The van der Waals surface area contributed by atoms with Gasteiger partial charge in [0.2, 0.25) is 0 Å². The third kappa shape index (κ3) is 4.46. The van der Waals surface area contributed by atoms with Gasteiger partial charge >= 0.3 is 0 Å². The molecule has 1 N–H and O–H groups in total. The van der Waals surface area contributed by atoms with Crippen LogP contribution in [0, 0.1) is 20.8 Å². The van der Waals surface area contributed by atoms with Crippen molar-refractivity contribution in [3.63, 3.8) is 0 Å². The second-order valence-electron chi connectivity index (χ2n) is 6.42. The number of rotatable bonds is 6. The van der Waals surface area contributed by atoms with E-state index in [0.717, 1.165) is 22.3 Å². The second-order valence-corrected chi connectivity index (χ2v) is 8.10. The minimum atomic E-state index is -3.76. The van der Waals surface area contributed by atoms with Crippen LogP contribution in [0.1, 0.15) is 22.3 Å². The average Bonchev–Trinajstić information content (AvgIpc) is 2.64. The van der Waals surface area contributed by atoms with Crippen molar-refractivity contribution >= 4 is 15.8 Å². The highest BCUT2D eigenvalue weighted by Gasteiger charge is 2.18. The maximum atomic E-state index is 12.7. The monoisotopic (exact) mass is 382 g/mol. The lowest BCUT2D eigenvalue weighted by atomic mass is 10.1. The van der Waals surface area contributed by atoms with Crippen molar-refractivity contribution in [2.75, 3.05) is 4.72 Å². The topological polar surface area (TPSA) is 68.3 Å². The summed E-state index contributed by atoms with van der Waals surface area (Å²) in [6.07, 6.45) is 1.53. The summed E-state index contributed by atoms with van der Waals surface area (Å²) in [6, 6.07) is 16.3. The van der Waals surface area contributed by atoms with Crippen molar-refractivity contribution in [3.8, 4) is 5.75 Å². The van der Waals surface area contributed by atoms with Crippen molar-refractivity contribution in [1.82, 2.24) is 4.98 Å². The maximum absolute atomic E-state index is 12.7. The van der Waals surface area contributed by atoms with Crippen LogP contribution in [0.3, 0.4) is 0 Å². The first-order valence-electron chi connectivity index (χ1n) is 8.59. The molecular weight excluding hydrogens is 360 g/mol. The number of anilines is 1. The number of pyridine rings is 1. The molecule has 1 aromatic heterocycles. The summed E-state index contributed by atoms with van der Waals surface area (Å²) in [5, 5.41) is 0. The Morgan fingerprint density at radius 3 is 2.44 bits per heavy atom. The summed E-state index contributed by atoms with van der Waals surface area (Å²) < 4.78 is 33.9. The van der Waals surface area contributed by atoms with E-state index in [9.17, 15) is 8.42 Å². The zero-order valence-electron chi connectivity index (χ0n) is 15.6. The fourth-order valence-corrected chi connectivity index (χ4v) is 3.68.